The molecule has 78 valence electrons. The molecule has 0 aliphatic heterocycles. The molecule has 1 nitrogen and oxygen atoms in total. The van der Waals surface area contributed by atoms with Crippen molar-refractivity contribution in [2.24, 2.45) is 0 Å². The van der Waals surface area contributed by atoms with Crippen LogP contribution in [0.2, 0.25) is 5.02 Å². The van der Waals surface area contributed by atoms with Gasteiger partial charge >= 0.3 is 0 Å². The molecule has 0 fully saturated rings. The van der Waals surface area contributed by atoms with Gasteiger partial charge in [0.2, 0.25) is 0 Å². The Kier molecular flexibility index (Phi) is 3.40. The van der Waals surface area contributed by atoms with E-state index in [-0.39, 0.29) is 0 Å². The number of nitriles is 1. The van der Waals surface area contributed by atoms with Gasteiger partial charge in [-0.25, -0.2) is 0 Å². The van der Waals surface area contributed by atoms with Gasteiger partial charge in [0.15, 0.2) is 0 Å². The van der Waals surface area contributed by atoms with Crippen LogP contribution in [0.1, 0.15) is 10.4 Å². The molecule has 0 aliphatic carbocycles. The average molecular weight is 246 g/mol. The summed E-state index contributed by atoms with van der Waals surface area (Å²) in [7, 11) is 0. The highest BCUT2D eigenvalue weighted by Crippen LogP contribution is 2.22. The lowest BCUT2D eigenvalue weighted by Gasteiger charge is -1.96. The van der Waals surface area contributed by atoms with Crippen molar-refractivity contribution in [1.82, 2.24) is 0 Å². The van der Waals surface area contributed by atoms with Crippen LogP contribution in [-0.2, 0) is 0 Å². The van der Waals surface area contributed by atoms with Gasteiger partial charge in [-0.1, -0.05) is 29.8 Å². The van der Waals surface area contributed by atoms with E-state index < -0.39 is 0 Å². The first-order valence-corrected chi connectivity index (χ1v) is 5.96. The zero-order chi connectivity index (χ0) is 11.4. The van der Waals surface area contributed by atoms with Crippen molar-refractivity contribution < 1.29 is 0 Å². The molecule has 1 aromatic heterocycles. The molecule has 0 amide bonds. The van der Waals surface area contributed by atoms with Crippen molar-refractivity contribution in [3.63, 3.8) is 0 Å². The number of benzene rings is 1. The van der Waals surface area contributed by atoms with Crippen molar-refractivity contribution in [2.45, 2.75) is 0 Å². The summed E-state index contributed by atoms with van der Waals surface area (Å²) in [6, 6.07) is 13.5. The lowest BCUT2D eigenvalue weighted by molar-refractivity contribution is 1.54. The Bertz CT molecular complexity index is 532. The Labute approximate surface area is 103 Å². The second-order valence-corrected chi connectivity index (χ2v) is 4.58. The summed E-state index contributed by atoms with van der Waals surface area (Å²) in [5, 5.41) is 11.7. The van der Waals surface area contributed by atoms with E-state index in [0.717, 1.165) is 10.4 Å². The van der Waals surface area contributed by atoms with Crippen LogP contribution in [-0.4, -0.2) is 0 Å². The van der Waals surface area contributed by atoms with E-state index in [0.29, 0.717) is 10.6 Å². The first-order valence-electron chi connectivity index (χ1n) is 4.71. The van der Waals surface area contributed by atoms with Crippen LogP contribution in [0, 0.1) is 11.3 Å². The Morgan fingerprint density at radius 3 is 2.56 bits per heavy atom. The third-order valence-corrected chi connectivity index (χ3v) is 3.24. The van der Waals surface area contributed by atoms with Gasteiger partial charge in [-0.05, 0) is 35.2 Å². The molecule has 0 saturated carbocycles. The van der Waals surface area contributed by atoms with Crippen molar-refractivity contribution in [3.05, 3.63) is 57.2 Å². The number of rotatable bonds is 2. The van der Waals surface area contributed by atoms with E-state index in [1.165, 1.54) is 0 Å². The third kappa shape index (κ3) is 2.52. The standard InChI is InChI=1S/C13H8ClNS/c14-12-5-3-10(4-6-12)8-11(9-15)13-2-1-7-16-13/h1-8H/b11-8+. The van der Waals surface area contributed by atoms with Crippen LogP contribution >= 0.6 is 22.9 Å². The summed E-state index contributed by atoms with van der Waals surface area (Å²) < 4.78 is 0. The predicted octanol–water partition coefficient (Wildman–Crippen LogP) is 4.47. The van der Waals surface area contributed by atoms with Crippen LogP contribution in [0.25, 0.3) is 11.6 Å². The van der Waals surface area contributed by atoms with Gasteiger partial charge in [0.1, 0.15) is 6.07 Å². The average Bonchev–Trinajstić information content (AvgIpc) is 2.82. The van der Waals surface area contributed by atoms with E-state index in [4.69, 9.17) is 16.9 Å². The lowest BCUT2D eigenvalue weighted by atomic mass is 10.1. The summed E-state index contributed by atoms with van der Waals surface area (Å²) >= 11 is 7.36. The minimum Gasteiger partial charge on any atom is -0.192 e. The molecule has 0 unspecified atom stereocenters. The van der Waals surface area contributed by atoms with Gasteiger partial charge in [-0.2, -0.15) is 5.26 Å². The van der Waals surface area contributed by atoms with Gasteiger partial charge in [0.25, 0.3) is 0 Å². The van der Waals surface area contributed by atoms with E-state index >= 15 is 0 Å². The highest BCUT2D eigenvalue weighted by atomic mass is 35.5. The summed E-state index contributed by atoms with van der Waals surface area (Å²) in [6.45, 7) is 0. The van der Waals surface area contributed by atoms with Crippen molar-refractivity contribution in [1.29, 1.82) is 5.26 Å². The molecule has 0 spiro atoms. The second kappa shape index (κ2) is 4.98. The maximum Gasteiger partial charge on any atom is 0.101 e. The van der Waals surface area contributed by atoms with E-state index in [1.807, 2.05) is 47.9 Å². The number of halogens is 1. The van der Waals surface area contributed by atoms with Crippen LogP contribution in [0.5, 0.6) is 0 Å². The fourth-order valence-corrected chi connectivity index (χ4v) is 2.13. The Hall–Kier alpha value is -1.56. The Balaban J connectivity index is 2.36. The summed E-state index contributed by atoms with van der Waals surface area (Å²) in [4.78, 5) is 0.984. The number of nitrogens with zero attached hydrogens (tertiary/aromatic N) is 1. The van der Waals surface area contributed by atoms with Gasteiger partial charge in [0, 0.05) is 9.90 Å². The molecule has 0 radical (unpaired) electrons. The second-order valence-electron chi connectivity index (χ2n) is 3.20. The Morgan fingerprint density at radius 1 is 1.25 bits per heavy atom. The van der Waals surface area contributed by atoms with Crippen molar-refractivity contribution in [2.75, 3.05) is 0 Å². The smallest absolute Gasteiger partial charge is 0.101 e. The number of allylic oxidation sites excluding steroid dienone is 1. The Morgan fingerprint density at radius 2 is 2.00 bits per heavy atom. The predicted molar refractivity (Wildman–Crippen MR) is 69.3 cm³/mol. The van der Waals surface area contributed by atoms with Crippen molar-refractivity contribution in [3.8, 4) is 6.07 Å². The first kappa shape index (κ1) is 10.9. The lowest BCUT2D eigenvalue weighted by Crippen LogP contribution is -1.76. The fraction of sp³-hybridized carbons (Fsp3) is 0. The van der Waals surface area contributed by atoms with Gasteiger partial charge in [-0.3, -0.25) is 0 Å². The molecule has 0 aliphatic rings. The normalized spacial score (nSPS) is 11.1. The number of thiophene rings is 1. The molecular weight excluding hydrogens is 238 g/mol. The molecule has 1 aromatic carbocycles. The van der Waals surface area contributed by atoms with E-state index in [9.17, 15) is 0 Å². The number of hydrogen-bond acceptors (Lipinski definition) is 2. The molecule has 2 aromatic rings. The molecular formula is C13H8ClNS. The first-order chi connectivity index (χ1) is 7.79. The number of hydrogen-bond donors (Lipinski definition) is 0. The summed E-state index contributed by atoms with van der Waals surface area (Å²) in [6.07, 6.45) is 1.86. The zero-order valence-corrected chi connectivity index (χ0v) is 9.92. The highest BCUT2D eigenvalue weighted by molar-refractivity contribution is 7.11. The van der Waals surface area contributed by atoms with E-state index in [2.05, 4.69) is 6.07 Å². The fourth-order valence-electron chi connectivity index (χ4n) is 1.32. The minimum atomic E-state index is 0.678. The topological polar surface area (TPSA) is 23.8 Å². The van der Waals surface area contributed by atoms with Crippen LogP contribution < -0.4 is 0 Å². The summed E-state index contributed by atoms with van der Waals surface area (Å²) in [5.41, 5.74) is 1.66. The van der Waals surface area contributed by atoms with Gasteiger partial charge in [-0.15, -0.1) is 11.3 Å². The zero-order valence-electron chi connectivity index (χ0n) is 8.35. The summed E-state index contributed by atoms with van der Waals surface area (Å²) in [5.74, 6) is 0. The molecule has 1 heterocycles. The molecule has 2 rings (SSSR count). The van der Waals surface area contributed by atoms with Crippen LogP contribution in [0.15, 0.2) is 41.8 Å². The highest BCUT2D eigenvalue weighted by Gasteiger charge is 2.01. The quantitative estimate of drug-likeness (QED) is 0.717. The maximum absolute atomic E-state index is 9.08. The molecule has 0 saturated heterocycles. The minimum absolute atomic E-state index is 0.678. The van der Waals surface area contributed by atoms with Gasteiger partial charge < -0.3 is 0 Å². The molecule has 0 bridgehead atoms. The monoisotopic (exact) mass is 245 g/mol. The van der Waals surface area contributed by atoms with E-state index in [1.54, 1.807) is 11.3 Å². The molecule has 16 heavy (non-hydrogen) atoms. The van der Waals surface area contributed by atoms with Crippen LogP contribution in [0.4, 0.5) is 0 Å². The SMILES string of the molecule is N#C/C(=C\c1ccc(Cl)cc1)c1cccs1. The molecule has 0 N–H and O–H groups in total. The largest absolute Gasteiger partial charge is 0.192 e. The maximum atomic E-state index is 9.08. The molecule has 0 atom stereocenters. The van der Waals surface area contributed by atoms with Gasteiger partial charge in [0.05, 0.1) is 5.57 Å². The van der Waals surface area contributed by atoms with Crippen LogP contribution in [0.3, 0.4) is 0 Å². The third-order valence-electron chi connectivity index (χ3n) is 2.09. The molecule has 3 heteroatoms. The van der Waals surface area contributed by atoms with Crippen molar-refractivity contribution >= 4 is 34.6 Å².